The van der Waals surface area contributed by atoms with Gasteiger partial charge in [0.2, 0.25) is 5.91 Å². The minimum Gasteiger partial charge on any atom is -0.506 e. The van der Waals surface area contributed by atoms with Gasteiger partial charge in [0.1, 0.15) is 17.5 Å². The van der Waals surface area contributed by atoms with Crippen LogP contribution in [0.3, 0.4) is 0 Å². The molecule has 0 aromatic heterocycles. The van der Waals surface area contributed by atoms with Crippen LogP contribution in [0.4, 0.5) is 0 Å². The number of fused-ring (bicyclic) bond motifs is 1. The number of ether oxygens (including phenoxy) is 1. The molecule has 10 heteroatoms. The fraction of sp³-hybridized carbons (Fsp3) is 0.103. The largest absolute Gasteiger partial charge is 0.506 e. The van der Waals surface area contributed by atoms with Gasteiger partial charge in [-0.25, -0.2) is 5.43 Å². The number of hydrogen-bond donors (Lipinski definition) is 4. The standard InChI is InChI=1S/C29H25ClN4O5/c30-23-15-19(10-12-25(23)35)29(38)34-32-16-20-11-13-26(22-9-5-4-8-21(20)22)39-17-27(36)33-24(28(31)37)14-18-6-2-1-3-7-18/h1-13,15-16,24,35H,14,17H2,(H2,31,37)(H,33,36)(H,34,38)/t24-/m0/s1. The van der Waals surface area contributed by atoms with Gasteiger partial charge in [0.25, 0.3) is 11.8 Å². The average molecular weight is 545 g/mol. The number of benzene rings is 4. The van der Waals surface area contributed by atoms with Crippen LogP contribution in [0, 0.1) is 0 Å². The fourth-order valence-corrected chi connectivity index (χ4v) is 4.04. The maximum atomic E-state index is 12.6. The van der Waals surface area contributed by atoms with Crippen molar-refractivity contribution in [1.29, 1.82) is 0 Å². The number of hydrazone groups is 1. The number of carbonyl (C=O) groups is 3. The summed E-state index contributed by atoms with van der Waals surface area (Å²) in [5.74, 6) is -1.28. The Kier molecular flexibility index (Phi) is 8.75. The topological polar surface area (TPSA) is 143 Å². The number of carbonyl (C=O) groups excluding carboxylic acids is 3. The fourth-order valence-electron chi connectivity index (χ4n) is 3.86. The molecule has 0 saturated heterocycles. The minimum absolute atomic E-state index is 0.0586. The average Bonchev–Trinajstić information content (AvgIpc) is 2.94. The molecule has 0 unspecified atom stereocenters. The summed E-state index contributed by atoms with van der Waals surface area (Å²) in [6, 6.07) is 23.3. The van der Waals surface area contributed by atoms with Gasteiger partial charge in [-0.15, -0.1) is 0 Å². The third kappa shape index (κ3) is 7.12. The van der Waals surface area contributed by atoms with E-state index in [2.05, 4.69) is 15.8 Å². The zero-order chi connectivity index (χ0) is 27.8. The Bertz CT molecular complexity index is 1540. The molecule has 0 saturated carbocycles. The number of rotatable bonds is 10. The smallest absolute Gasteiger partial charge is 0.271 e. The number of nitrogens with one attached hydrogen (secondary N) is 2. The summed E-state index contributed by atoms with van der Waals surface area (Å²) in [6.07, 6.45) is 1.76. The number of nitrogens with two attached hydrogens (primary N) is 1. The summed E-state index contributed by atoms with van der Waals surface area (Å²) in [4.78, 5) is 36.8. The van der Waals surface area contributed by atoms with Crippen LogP contribution in [0.25, 0.3) is 10.8 Å². The molecule has 4 rings (SSSR count). The molecule has 39 heavy (non-hydrogen) atoms. The van der Waals surface area contributed by atoms with Crippen LogP contribution >= 0.6 is 11.6 Å². The van der Waals surface area contributed by atoms with Crippen molar-refractivity contribution >= 4 is 46.3 Å². The van der Waals surface area contributed by atoms with Crippen LogP contribution in [-0.4, -0.2) is 41.7 Å². The van der Waals surface area contributed by atoms with Crippen molar-refractivity contribution in [3.63, 3.8) is 0 Å². The predicted molar refractivity (Wildman–Crippen MR) is 149 cm³/mol. The molecule has 0 aliphatic carbocycles. The number of primary amides is 1. The summed E-state index contributed by atoms with van der Waals surface area (Å²) in [7, 11) is 0. The molecule has 198 valence electrons. The normalized spacial score (nSPS) is 11.7. The second kappa shape index (κ2) is 12.6. The Morgan fingerprint density at radius 2 is 1.69 bits per heavy atom. The molecular formula is C29H25ClN4O5. The highest BCUT2D eigenvalue weighted by atomic mass is 35.5. The van der Waals surface area contributed by atoms with Gasteiger partial charge in [-0.2, -0.15) is 5.10 Å². The number of amides is 3. The number of halogens is 1. The van der Waals surface area contributed by atoms with Crippen molar-refractivity contribution in [1.82, 2.24) is 10.7 Å². The lowest BCUT2D eigenvalue weighted by atomic mass is 10.0. The lowest BCUT2D eigenvalue weighted by molar-refractivity contribution is -0.128. The molecule has 0 radical (unpaired) electrons. The highest BCUT2D eigenvalue weighted by Gasteiger charge is 2.19. The molecule has 5 N–H and O–H groups in total. The first kappa shape index (κ1) is 27.2. The zero-order valence-electron chi connectivity index (χ0n) is 20.6. The highest BCUT2D eigenvalue weighted by Crippen LogP contribution is 2.28. The number of nitrogens with zero attached hydrogens (tertiary/aromatic N) is 1. The van der Waals surface area contributed by atoms with Gasteiger partial charge in [0.15, 0.2) is 6.61 Å². The molecule has 4 aromatic rings. The van der Waals surface area contributed by atoms with Gasteiger partial charge in [-0.05, 0) is 41.3 Å². The van der Waals surface area contributed by atoms with Gasteiger partial charge in [0, 0.05) is 22.9 Å². The molecule has 0 bridgehead atoms. The van der Waals surface area contributed by atoms with E-state index >= 15 is 0 Å². The Hall–Kier alpha value is -4.89. The molecule has 0 aliphatic rings. The van der Waals surface area contributed by atoms with Gasteiger partial charge >= 0.3 is 0 Å². The number of phenolic OH excluding ortho intramolecular Hbond substituents is 1. The zero-order valence-corrected chi connectivity index (χ0v) is 21.4. The van der Waals surface area contributed by atoms with Crippen LogP contribution in [0.15, 0.2) is 90.0 Å². The van der Waals surface area contributed by atoms with Crippen LogP contribution in [0.5, 0.6) is 11.5 Å². The van der Waals surface area contributed by atoms with Gasteiger partial charge < -0.3 is 20.9 Å². The highest BCUT2D eigenvalue weighted by molar-refractivity contribution is 6.32. The second-order valence-corrected chi connectivity index (χ2v) is 8.97. The summed E-state index contributed by atoms with van der Waals surface area (Å²) in [6.45, 7) is -0.318. The number of phenols is 1. The van der Waals surface area contributed by atoms with Crippen molar-refractivity contribution in [3.05, 3.63) is 107 Å². The Morgan fingerprint density at radius 3 is 2.41 bits per heavy atom. The van der Waals surface area contributed by atoms with E-state index in [1.807, 2.05) is 54.6 Å². The summed E-state index contributed by atoms with van der Waals surface area (Å²) >= 11 is 5.86. The molecule has 9 nitrogen and oxygen atoms in total. The number of hydrogen-bond acceptors (Lipinski definition) is 6. The van der Waals surface area contributed by atoms with E-state index in [0.717, 1.165) is 16.3 Å². The van der Waals surface area contributed by atoms with Crippen molar-refractivity contribution in [2.45, 2.75) is 12.5 Å². The van der Waals surface area contributed by atoms with Crippen molar-refractivity contribution in [2.75, 3.05) is 6.61 Å². The van der Waals surface area contributed by atoms with Gasteiger partial charge in [-0.1, -0.05) is 66.2 Å². The van der Waals surface area contributed by atoms with E-state index in [-0.39, 0.29) is 29.4 Å². The van der Waals surface area contributed by atoms with Crippen molar-refractivity contribution < 1.29 is 24.2 Å². The molecule has 1 atom stereocenters. The molecule has 0 heterocycles. The van der Waals surface area contributed by atoms with E-state index in [1.54, 1.807) is 12.1 Å². The van der Waals surface area contributed by atoms with Crippen LogP contribution < -0.4 is 21.2 Å². The molecular weight excluding hydrogens is 520 g/mol. The number of aromatic hydroxyl groups is 1. The Labute approximate surface area is 229 Å². The summed E-state index contributed by atoms with van der Waals surface area (Å²) in [5, 5.41) is 17.7. The van der Waals surface area contributed by atoms with E-state index < -0.39 is 23.8 Å². The van der Waals surface area contributed by atoms with E-state index in [1.165, 1.54) is 24.4 Å². The minimum atomic E-state index is -0.869. The predicted octanol–water partition coefficient (Wildman–Crippen LogP) is 3.55. The monoisotopic (exact) mass is 544 g/mol. The quantitative estimate of drug-likeness (QED) is 0.178. The van der Waals surface area contributed by atoms with Crippen molar-refractivity contribution in [2.24, 2.45) is 10.8 Å². The maximum Gasteiger partial charge on any atom is 0.271 e. The van der Waals surface area contributed by atoms with Crippen molar-refractivity contribution in [3.8, 4) is 11.5 Å². The molecule has 4 aromatic carbocycles. The molecule has 0 aliphatic heterocycles. The second-order valence-electron chi connectivity index (χ2n) is 8.56. The Morgan fingerprint density at radius 1 is 0.974 bits per heavy atom. The maximum absolute atomic E-state index is 12.6. The molecule has 0 fully saturated rings. The summed E-state index contributed by atoms with van der Waals surface area (Å²) in [5.41, 5.74) is 9.72. The first-order chi connectivity index (χ1) is 18.8. The van der Waals surface area contributed by atoms with Gasteiger partial charge in [-0.3, -0.25) is 14.4 Å². The lowest BCUT2D eigenvalue weighted by Crippen LogP contribution is -2.47. The SMILES string of the molecule is NC(=O)[C@H](Cc1ccccc1)NC(=O)COc1ccc(C=NNC(=O)c2ccc(O)c(Cl)c2)c2ccccc12. The first-order valence-electron chi connectivity index (χ1n) is 11.9. The third-order valence-corrected chi connectivity index (χ3v) is 6.12. The van der Waals surface area contributed by atoms with Gasteiger partial charge in [0.05, 0.1) is 11.2 Å². The van der Waals surface area contributed by atoms with Crippen LogP contribution in [-0.2, 0) is 16.0 Å². The lowest BCUT2D eigenvalue weighted by Gasteiger charge is -2.16. The molecule has 0 spiro atoms. The van der Waals surface area contributed by atoms with E-state index in [4.69, 9.17) is 22.1 Å². The third-order valence-electron chi connectivity index (χ3n) is 5.82. The van der Waals surface area contributed by atoms with E-state index in [9.17, 15) is 19.5 Å². The van der Waals surface area contributed by atoms with E-state index in [0.29, 0.717) is 11.3 Å². The molecule has 3 amide bonds. The Balaban J connectivity index is 1.41. The summed E-state index contributed by atoms with van der Waals surface area (Å²) < 4.78 is 5.78. The van der Waals surface area contributed by atoms with Crippen LogP contribution in [0.1, 0.15) is 21.5 Å². The van der Waals surface area contributed by atoms with Crippen LogP contribution in [0.2, 0.25) is 5.02 Å². The first-order valence-corrected chi connectivity index (χ1v) is 12.3.